The SMILES string of the molecule is COCCCNS(=O)(=O)CCNC(=O)c1ccc(OC)c(OC)c1. The highest BCUT2D eigenvalue weighted by molar-refractivity contribution is 7.89. The molecule has 24 heavy (non-hydrogen) atoms. The summed E-state index contributed by atoms with van der Waals surface area (Å²) in [6.45, 7) is 0.797. The molecule has 1 aromatic rings. The Morgan fingerprint density at radius 1 is 1.08 bits per heavy atom. The van der Waals surface area contributed by atoms with Gasteiger partial charge in [-0.15, -0.1) is 0 Å². The summed E-state index contributed by atoms with van der Waals surface area (Å²) in [5.41, 5.74) is 0.359. The molecule has 0 aliphatic heterocycles. The normalized spacial score (nSPS) is 11.1. The molecule has 0 aliphatic rings. The van der Waals surface area contributed by atoms with Crippen LogP contribution in [0.1, 0.15) is 16.8 Å². The first-order valence-corrected chi connectivity index (χ1v) is 9.05. The number of nitrogens with one attached hydrogen (secondary N) is 2. The summed E-state index contributed by atoms with van der Waals surface area (Å²) in [6.07, 6.45) is 0.591. The molecule has 1 rings (SSSR count). The number of benzene rings is 1. The third kappa shape index (κ3) is 6.73. The van der Waals surface area contributed by atoms with E-state index in [1.165, 1.54) is 20.3 Å². The van der Waals surface area contributed by atoms with Crippen molar-refractivity contribution >= 4 is 15.9 Å². The second-order valence-electron chi connectivity index (χ2n) is 4.89. The van der Waals surface area contributed by atoms with Crippen LogP contribution in [0.2, 0.25) is 0 Å². The molecule has 0 saturated carbocycles. The topological polar surface area (TPSA) is 103 Å². The number of ether oxygens (including phenoxy) is 3. The van der Waals surface area contributed by atoms with Crippen molar-refractivity contribution in [2.24, 2.45) is 0 Å². The third-order valence-corrected chi connectivity index (χ3v) is 4.53. The van der Waals surface area contributed by atoms with Gasteiger partial charge < -0.3 is 19.5 Å². The third-order valence-electron chi connectivity index (χ3n) is 3.15. The van der Waals surface area contributed by atoms with Gasteiger partial charge in [-0.25, -0.2) is 13.1 Å². The zero-order valence-corrected chi connectivity index (χ0v) is 14.9. The van der Waals surface area contributed by atoms with Crippen LogP contribution in [-0.4, -0.2) is 61.1 Å². The number of carbonyl (C=O) groups excluding carboxylic acids is 1. The molecule has 0 aliphatic carbocycles. The Kier molecular flexibility index (Phi) is 8.51. The lowest BCUT2D eigenvalue weighted by atomic mass is 10.2. The van der Waals surface area contributed by atoms with E-state index >= 15 is 0 Å². The molecule has 136 valence electrons. The average molecular weight is 360 g/mol. The average Bonchev–Trinajstić information content (AvgIpc) is 2.57. The van der Waals surface area contributed by atoms with E-state index in [-0.39, 0.29) is 18.2 Å². The lowest BCUT2D eigenvalue weighted by molar-refractivity contribution is 0.0955. The second-order valence-corrected chi connectivity index (χ2v) is 6.81. The van der Waals surface area contributed by atoms with Crippen molar-refractivity contribution in [2.45, 2.75) is 6.42 Å². The van der Waals surface area contributed by atoms with Crippen molar-refractivity contribution in [2.75, 3.05) is 46.8 Å². The van der Waals surface area contributed by atoms with Crippen molar-refractivity contribution in [1.29, 1.82) is 0 Å². The van der Waals surface area contributed by atoms with Crippen LogP contribution in [-0.2, 0) is 14.8 Å². The van der Waals surface area contributed by atoms with E-state index in [4.69, 9.17) is 14.2 Å². The van der Waals surface area contributed by atoms with Gasteiger partial charge in [0.25, 0.3) is 5.91 Å². The predicted molar refractivity (Wildman–Crippen MR) is 90.2 cm³/mol. The van der Waals surface area contributed by atoms with Gasteiger partial charge in [-0.2, -0.15) is 0 Å². The van der Waals surface area contributed by atoms with E-state index in [2.05, 4.69) is 10.0 Å². The highest BCUT2D eigenvalue weighted by Crippen LogP contribution is 2.27. The molecule has 1 aromatic carbocycles. The van der Waals surface area contributed by atoms with Crippen molar-refractivity contribution in [1.82, 2.24) is 10.0 Å². The Bertz CT molecular complexity index is 633. The van der Waals surface area contributed by atoms with Crippen molar-refractivity contribution < 1.29 is 27.4 Å². The van der Waals surface area contributed by atoms with Gasteiger partial charge in [0.15, 0.2) is 11.5 Å². The fraction of sp³-hybridized carbons (Fsp3) is 0.533. The minimum absolute atomic E-state index is 0.00674. The standard InChI is InChI=1S/C15H24N2O6S/c1-21-9-4-7-17-24(19,20)10-8-16-15(18)12-5-6-13(22-2)14(11-12)23-3/h5-6,11,17H,4,7-10H2,1-3H3,(H,16,18). The van der Waals surface area contributed by atoms with Crippen molar-refractivity contribution in [3.63, 3.8) is 0 Å². The van der Waals surface area contributed by atoms with E-state index in [9.17, 15) is 13.2 Å². The summed E-state index contributed by atoms with van der Waals surface area (Å²) in [4.78, 5) is 12.1. The number of rotatable bonds is 11. The lowest BCUT2D eigenvalue weighted by Gasteiger charge is -2.10. The quantitative estimate of drug-likeness (QED) is 0.554. The molecule has 9 heteroatoms. The van der Waals surface area contributed by atoms with Crippen molar-refractivity contribution in [3.8, 4) is 11.5 Å². The zero-order chi connectivity index (χ0) is 18.0. The first-order chi connectivity index (χ1) is 11.4. The molecule has 0 aromatic heterocycles. The van der Waals surface area contributed by atoms with Crippen LogP contribution >= 0.6 is 0 Å². The molecule has 0 saturated heterocycles. The van der Waals surface area contributed by atoms with Gasteiger partial charge in [0, 0.05) is 32.4 Å². The van der Waals surface area contributed by atoms with Gasteiger partial charge >= 0.3 is 0 Å². The molecule has 0 unspecified atom stereocenters. The van der Waals surface area contributed by atoms with Gasteiger partial charge in [0.2, 0.25) is 10.0 Å². The number of hydrogen-bond acceptors (Lipinski definition) is 6. The highest BCUT2D eigenvalue weighted by Gasteiger charge is 2.13. The van der Waals surface area contributed by atoms with E-state index in [1.807, 2.05) is 0 Å². The van der Waals surface area contributed by atoms with Gasteiger partial charge in [0.05, 0.1) is 20.0 Å². The molecule has 0 radical (unpaired) electrons. The Labute approximate surface area is 142 Å². The minimum atomic E-state index is -3.43. The van der Waals surface area contributed by atoms with E-state index in [0.29, 0.717) is 36.6 Å². The Morgan fingerprint density at radius 2 is 1.79 bits per heavy atom. The maximum absolute atomic E-state index is 12.1. The second kappa shape index (κ2) is 10.1. The molecule has 8 nitrogen and oxygen atoms in total. The maximum atomic E-state index is 12.1. The Morgan fingerprint density at radius 3 is 2.42 bits per heavy atom. The van der Waals surface area contributed by atoms with Crippen molar-refractivity contribution in [3.05, 3.63) is 23.8 Å². The van der Waals surface area contributed by atoms with Crippen LogP contribution in [0.25, 0.3) is 0 Å². The summed E-state index contributed by atoms with van der Waals surface area (Å²) in [6, 6.07) is 4.72. The summed E-state index contributed by atoms with van der Waals surface area (Å²) < 4.78 is 41.0. The largest absolute Gasteiger partial charge is 0.493 e. The monoisotopic (exact) mass is 360 g/mol. The number of carbonyl (C=O) groups is 1. The molecule has 0 bridgehead atoms. The molecule has 0 heterocycles. The van der Waals surface area contributed by atoms with Crippen LogP contribution in [0.4, 0.5) is 0 Å². The summed E-state index contributed by atoms with van der Waals surface area (Å²) in [5.74, 6) is 0.360. The first kappa shape index (κ1) is 20.2. The lowest BCUT2D eigenvalue weighted by Crippen LogP contribution is -2.35. The van der Waals surface area contributed by atoms with Gasteiger partial charge in [-0.05, 0) is 24.6 Å². The zero-order valence-electron chi connectivity index (χ0n) is 14.1. The van der Waals surface area contributed by atoms with Crippen LogP contribution < -0.4 is 19.5 Å². The van der Waals surface area contributed by atoms with E-state index in [0.717, 1.165) is 0 Å². The van der Waals surface area contributed by atoms with E-state index < -0.39 is 10.0 Å². The Hall–Kier alpha value is -1.84. The summed E-state index contributed by atoms with van der Waals surface area (Å²) in [5, 5.41) is 2.57. The maximum Gasteiger partial charge on any atom is 0.251 e. The molecule has 1 amide bonds. The molecular formula is C15H24N2O6S. The van der Waals surface area contributed by atoms with E-state index in [1.54, 1.807) is 19.2 Å². The number of methoxy groups -OCH3 is 3. The smallest absolute Gasteiger partial charge is 0.251 e. The first-order valence-electron chi connectivity index (χ1n) is 7.40. The van der Waals surface area contributed by atoms with Gasteiger partial charge in [-0.3, -0.25) is 4.79 Å². The molecule has 0 atom stereocenters. The van der Waals surface area contributed by atoms with Gasteiger partial charge in [0.1, 0.15) is 0 Å². The summed E-state index contributed by atoms with van der Waals surface area (Å²) >= 11 is 0. The fourth-order valence-corrected chi connectivity index (χ4v) is 2.87. The molecule has 2 N–H and O–H groups in total. The Balaban J connectivity index is 2.48. The number of amides is 1. The number of hydrogen-bond donors (Lipinski definition) is 2. The predicted octanol–water partition coefficient (Wildman–Crippen LogP) is 0.390. The molecular weight excluding hydrogens is 336 g/mol. The fourth-order valence-electron chi connectivity index (χ4n) is 1.89. The van der Waals surface area contributed by atoms with Gasteiger partial charge in [-0.1, -0.05) is 0 Å². The molecule has 0 fully saturated rings. The minimum Gasteiger partial charge on any atom is -0.493 e. The summed E-state index contributed by atoms with van der Waals surface area (Å²) in [7, 11) is 1.10. The molecule has 0 spiro atoms. The van der Waals surface area contributed by atoms with Crippen LogP contribution in [0.5, 0.6) is 11.5 Å². The number of sulfonamides is 1. The van der Waals surface area contributed by atoms with Crippen LogP contribution in [0.15, 0.2) is 18.2 Å². The van der Waals surface area contributed by atoms with Crippen LogP contribution in [0, 0.1) is 0 Å². The highest BCUT2D eigenvalue weighted by atomic mass is 32.2. The van der Waals surface area contributed by atoms with Crippen LogP contribution in [0.3, 0.4) is 0 Å².